The van der Waals surface area contributed by atoms with Gasteiger partial charge >= 0.3 is 6.09 Å². The van der Waals surface area contributed by atoms with Gasteiger partial charge in [-0.1, -0.05) is 0 Å². The largest absolute Gasteiger partial charge is 0.497 e. The Morgan fingerprint density at radius 1 is 1.39 bits per heavy atom. The second kappa shape index (κ2) is 6.39. The van der Waals surface area contributed by atoms with Crippen LogP contribution in [0.25, 0.3) is 10.9 Å². The molecule has 1 aromatic heterocycles. The number of hydrogen-bond acceptors (Lipinski definition) is 6. The number of amides is 1. The van der Waals surface area contributed by atoms with Crippen molar-refractivity contribution < 1.29 is 14.3 Å². The maximum Gasteiger partial charge on any atom is 0.411 e. The van der Waals surface area contributed by atoms with Crippen LogP contribution >= 0.6 is 0 Å². The Labute approximate surface area is 134 Å². The smallest absolute Gasteiger partial charge is 0.411 e. The summed E-state index contributed by atoms with van der Waals surface area (Å²) in [5, 5.41) is 0.862. The van der Waals surface area contributed by atoms with Crippen LogP contribution in [0.1, 0.15) is 18.1 Å². The molecule has 1 aliphatic heterocycles. The lowest BCUT2D eigenvalue weighted by atomic mass is 10.0. The van der Waals surface area contributed by atoms with Crippen molar-refractivity contribution in [1.82, 2.24) is 9.88 Å². The van der Waals surface area contributed by atoms with Crippen LogP contribution in [0.5, 0.6) is 5.75 Å². The SMILES string of the molecule is COc1ccc2nccc([C@H]3OC(=O)N(CCCN)C3N)c2c1. The molecule has 2 atom stereocenters. The molecule has 0 aliphatic carbocycles. The number of hydrogen-bond donors (Lipinski definition) is 2. The third kappa shape index (κ3) is 2.80. The van der Waals surface area contributed by atoms with Crippen molar-refractivity contribution in [2.45, 2.75) is 18.7 Å². The zero-order chi connectivity index (χ0) is 16.4. The Hall–Kier alpha value is -2.38. The van der Waals surface area contributed by atoms with Gasteiger partial charge < -0.3 is 20.9 Å². The summed E-state index contributed by atoms with van der Waals surface area (Å²) in [6.45, 7) is 0.982. The van der Waals surface area contributed by atoms with Gasteiger partial charge in [-0.15, -0.1) is 0 Å². The lowest BCUT2D eigenvalue weighted by Crippen LogP contribution is -2.42. The number of aromatic nitrogens is 1. The van der Waals surface area contributed by atoms with Crippen LogP contribution in [-0.4, -0.2) is 42.3 Å². The molecule has 1 unspecified atom stereocenters. The number of pyridine rings is 1. The van der Waals surface area contributed by atoms with E-state index in [1.54, 1.807) is 13.3 Å². The van der Waals surface area contributed by atoms with E-state index in [4.69, 9.17) is 20.9 Å². The lowest BCUT2D eigenvalue weighted by molar-refractivity contribution is 0.130. The number of nitrogens with zero attached hydrogens (tertiary/aromatic N) is 2. The van der Waals surface area contributed by atoms with Crippen molar-refractivity contribution in [1.29, 1.82) is 0 Å². The molecule has 3 rings (SSSR count). The lowest BCUT2D eigenvalue weighted by Gasteiger charge is -2.21. The van der Waals surface area contributed by atoms with Crippen molar-refractivity contribution in [3.63, 3.8) is 0 Å². The topological polar surface area (TPSA) is 104 Å². The van der Waals surface area contributed by atoms with Crippen LogP contribution in [0.4, 0.5) is 4.79 Å². The summed E-state index contributed by atoms with van der Waals surface area (Å²) in [5.41, 5.74) is 13.4. The molecule has 2 aromatic rings. The first-order valence-electron chi connectivity index (χ1n) is 7.51. The Balaban J connectivity index is 1.98. The van der Waals surface area contributed by atoms with Gasteiger partial charge in [0.25, 0.3) is 0 Å². The summed E-state index contributed by atoms with van der Waals surface area (Å²) in [4.78, 5) is 17.9. The van der Waals surface area contributed by atoms with E-state index in [0.717, 1.165) is 16.5 Å². The summed E-state index contributed by atoms with van der Waals surface area (Å²) in [5.74, 6) is 0.713. The molecule has 1 amide bonds. The fraction of sp³-hybridized carbons (Fsp3) is 0.375. The zero-order valence-electron chi connectivity index (χ0n) is 12.9. The fourth-order valence-electron chi connectivity index (χ4n) is 2.80. The molecule has 23 heavy (non-hydrogen) atoms. The molecule has 122 valence electrons. The maximum absolute atomic E-state index is 12.1. The minimum Gasteiger partial charge on any atom is -0.497 e. The van der Waals surface area contributed by atoms with E-state index in [0.29, 0.717) is 25.3 Å². The minimum absolute atomic E-state index is 0.413. The Morgan fingerprint density at radius 3 is 2.96 bits per heavy atom. The average molecular weight is 316 g/mol. The third-order valence-corrected chi connectivity index (χ3v) is 4.02. The van der Waals surface area contributed by atoms with Gasteiger partial charge in [0.05, 0.1) is 12.6 Å². The van der Waals surface area contributed by atoms with Crippen LogP contribution in [0, 0.1) is 0 Å². The Bertz CT molecular complexity index is 722. The van der Waals surface area contributed by atoms with Crippen LogP contribution in [0.15, 0.2) is 30.5 Å². The summed E-state index contributed by atoms with van der Waals surface area (Å²) < 4.78 is 10.8. The fourth-order valence-corrected chi connectivity index (χ4v) is 2.80. The van der Waals surface area contributed by atoms with Crippen LogP contribution in [0.3, 0.4) is 0 Å². The number of carbonyl (C=O) groups excluding carboxylic acids is 1. The average Bonchev–Trinajstić information content (AvgIpc) is 2.86. The monoisotopic (exact) mass is 316 g/mol. The predicted octanol–water partition coefficient (Wildman–Crippen LogP) is 1.37. The quantitative estimate of drug-likeness (QED) is 0.863. The van der Waals surface area contributed by atoms with Gasteiger partial charge in [-0.3, -0.25) is 9.88 Å². The van der Waals surface area contributed by atoms with Gasteiger partial charge in [-0.2, -0.15) is 0 Å². The number of ether oxygens (including phenoxy) is 2. The number of nitrogens with two attached hydrogens (primary N) is 2. The second-order valence-electron chi connectivity index (χ2n) is 5.41. The van der Waals surface area contributed by atoms with Gasteiger partial charge in [0.2, 0.25) is 0 Å². The van der Waals surface area contributed by atoms with Crippen LogP contribution in [0.2, 0.25) is 0 Å². The van der Waals surface area contributed by atoms with E-state index in [1.165, 1.54) is 4.90 Å². The third-order valence-electron chi connectivity index (χ3n) is 4.02. The second-order valence-corrected chi connectivity index (χ2v) is 5.41. The van der Waals surface area contributed by atoms with E-state index in [1.807, 2.05) is 24.3 Å². The minimum atomic E-state index is -0.550. The van der Waals surface area contributed by atoms with E-state index in [2.05, 4.69) is 4.98 Å². The van der Waals surface area contributed by atoms with Gasteiger partial charge in [0.15, 0.2) is 6.10 Å². The molecule has 0 bridgehead atoms. The molecule has 1 fully saturated rings. The Morgan fingerprint density at radius 2 is 2.22 bits per heavy atom. The van der Waals surface area contributed by atoms with E-state index < -0.39 is 18.4 Å². The molecule has 7 heteroatoms. The molecular formula is C16H20N4O3. The summed E-state index contributed by atoms with van der Waals surface area (Å²) in [6.07, 6.45) is 0.862. The van der Waals surface area contributed by atoms with Gasteiger partial charge in [0.1, 0.15) is 11.9 Å². The molecule has 1 aliphatic rings. The van der Waals surface area contributed by atoms with Gasteiger partial charge in [0, 0.05) is 23.7 Å². The van der Waals surface area contributed by atoms with E-state index in [9.17, 15) is 4.79 Å². The number of fused-ring (bicyclic) bond motifs is 1. The molecule has 2 heterocycles. The van der Waals surface area contributed by atoms with Crippen molar-refractivity contribution >= 4 is 17.0 Å². The molecule has 4 N–H and O–H groups in total. The molecule has 0 radical (unpaired) electrons. The van der Waals surface area contributed by atoms with Crippen molar-refractivity contribution in [3.05, 3.63) is 36.0 Å². The standard InChI is InChI=1S/C16H20N4O3/c1-22-10-3-4-13-12(9-10)11(5-7-19-13)14-15(18)20(8-2-6-17)16(21)23-14/h3-5,7,9,14-15H,2,6,8,17-18H2,1H3/t14-,15?/m1/s1. The predicted molar refractivity (Wildman–Crippen MR) is 85.9 cm³/mol. The highest BCUT2D eigenvalue weighted by atomic mass is 16.6. The first-order valence-corrected chi connectivity index (χ1v) is 7.51. The van der Waals surface area contributed by atoms with Crippen LogP contribution in [-0.2, 0) is 4.74 Å². The zero-order valence-corrected chi connectivity index (χ0v) is 12.9. The number of cyclic esters (lactones) is 1. The number of benzene rings is 1. The highest BCUT2D eigenvalue weighted by Crippen LogP contribution is 2.34. The van der Waals surface area contributed by atoms with Crippen LogP contribution < -0.4 is 16.2 Å². The molecule has 0 spiro atoms. The van der Waals surface area contributed by atoms with Gasteiger partial charge in [-0.05, 0) is 37.2 Å². The first-order chi connectivity index (χ1) is 11.2. The van der Waals surface area contributed by atoms with Crippen molar-refractivity contribution in [3.8, 4) is 5.75 Å². The first kappa shape index (κ1) is 15.5. The number of carbonyl (C=O) groups is 1. The Kier molecular flexibility index (Phi) is 4.31. The molecule has 7 nitrogen and oxygen atoms in total. The van der Waals surface area contributed by atoms with Crippen molar-refractivity contribution in [2.75, 3.05) is 20.2 Å². The highest BCUT2D eigenvalue weighted by Gasteiger charge is 2.40. The summed E-state index contributed by atoms with van der Waals surface area (Å²) in [6, 6.07) is 7.41. The highest BCUT2D eigenvalue weighted by molar-refractivity contribution is 5.84. The van der Waals surface area contributed by atoms with E-state index >= 15 is 0 Å². The molecule has 1 aromatic carbocycles. The molecular weight excluding hydrogens is 296 g/mol. The molecule has 1 saturated heterocycles. The molecule has 0 saturated carbocycles. The summed E-state index contributed by atoms with van der Waals surface area (Å²) >= 11 is 0. The van der Waals surface area contributed by atoms with Gasteiger partial charge in [-0.25, -0.2) is 4.79 Å². The summed E-state index contributed by atoms with van der Waals surface area (Å²) in [7, 11) is 1.60. The maximum atomic E-state index is 12.1. The number of methoxy groups -OCH3 is 1. The number of rotatable bonds is 5. The van der Waals surface area contributed by atoms with Crippen molar-refractivity contribution in [2.24, 2.45) is 11.5 Å². The normalized spacial score (nSPS) is 20.8. The van der Waals surface area contributed by atoms with E-state index in [-0.39, 0.29) is 0 Å².